The maximum atomic E-state index is 5.69. The van der Waals surface area contributed by atoms with Crippen LogP contribution < -0.4 is 5.32 Å². The summed E-state index contributed by atoms with van der Waals surface area (Å²) in [5, 5.41) is 4.27. The lowest BCUT2D eigenvalue weighted by molar-refractivity contribution is 0.0321. The molecule has 1 fully saturated rings. The summed E-state index contributed by atoms with van der Waals surface area (Å²) >= 11 is 5.69. The Morgan fingerprint density at radius 2 is 2.03 bits per heavy atom. The Hall–Kier alpha value is -1.96. The van der Waals surface area contributed by atoms with E-state index in [1.54, 1.807) is 7.11 Å². The Morgan fingerprint density at radius 3 is 2.86 bits per heavy atom. The minimum absolute atomic E-state index is 0.440. The number of ether oxygens (including phenoxy) is 2. The van der Waals surface area contributed by atoms with Gasteiger partial charge in [0.05, 0.1) is 13.2 Å². The van der Waals surface area contributed by atoms with E-state index >= 15 is 0 Å². The summed E-state index contributed by atoms with van der Waals surface area (Å²) in [5.74, 6) is 1.55. The molecule has 0 bridgehead atoms. The second kappa shape index (κ2) is 9.69. The highest BCUT2D eigenvalue weighted by atomic mass is 32.1. The number of likely N-dealkylation sites (tertiary alicyclic amines) is 1. The van der Waals surface area contributed by atoms with Gasteiger partial charge in [-0.25, -0.2) is 4.98 Å². The van der Waals surface area contributed by atoms with Crippen LogP contribution in [0, 0.1) is 0 Å². The van der Waals surface area contributed by atoms with Crippen LogP contribution >= 0.6 is 12.2 Å². The van der Waals surface area contributed by atoms with E-state index in [1.165, 1.54) is 30.4 Å². The van der Waals surface area contributed by atoms with Crippen molar-refractivity contribution in [2.24, 2.45) is 0 Å². The third-order valence-corrected chi connectivity index (χ3v) is 6.27. The van der Waals surface area contributed by atoms with Crippen LogP contribution in [-0.2, 0) is 29.0 Å². The van der Waals surface area contributed by atoms with Crippen molar-refractivity contribution in [2.75, 3.05) is 38.7 Å². The number of nitrogens with one attached hydrogen (secondary N) is 1. The van der Waals surface area contributed by atoms with Crippen molar-refractivity contribution in [1.82, 2.24) is 14.5 Å². The molecule has 0 saturated carbocycles. The van der Waals surface area contributed by atoms with E-state index in [9.17, 15) is 0 Å². The number of hydrogen-bond acceptors (Lipinski definition) is 4. The molecule has 0 atom stereocenters. The number of piperidine rings is 1. The molecular formula is C22H30N4O2S. The van der Waals surface area contributed by atoms with E-state index in [0.717, 1.165) is 42.6 Å². The van der Waals surface area contributed by atoms with Crippen molar-refractivity contribution in [3.05, 3.63) is 47.5 Å². The van der Waals surface area contributed by atoms with Crippen LogP contribution in [-0.4, -0.2) is 53.0 Å². The molecule has 1 N–H and O–H groups in total. The summed E-state index contributed by atoms with van der Waals surface area (Å²) in [5.41, 5.74) is 4.07. The van der Waals surface area contributed by atoms with Gasteiger partial charge < -0.3 is 24.3 Å². The number of nitrogens with zero attached hydrogens (tertiary/aromatic N) is 3. The molecule has 6 nitrogen and oxygen atoms in total. The van der Waals surface area contributed by atoms with Crippen molar-refractivity contribution in [3.8, 4) is 0 Å². The van der Waals surface area contributed by atoms with Crippen LogP contribution in [0.2, 0.25) is 0 Å². The first-order valence-corrected chi connectivity index (χ1v) is 10.9. The lowest BCUT2D eigenvalue weighted by atomic mass is 9.96. The molecule has 29 heavy (non-hydrogen) atoms. The lowest BCUT2D eigenvalue weighted by Gasteiger charge is -2.33. The molecular weight excluding hydrogens is 384 g/mol. The maximum Gasteiger partial charge on any atom is 0.173 e. The van der Waals surface area contributed by atoms with Gasteiger partial charge in [-0.15, -0.1) is 0 Å². The summed E-state index contributed by atoms with van der Waals surface area (Å²) in [6.45, 7) is 3.61. The van der Waals surface area contributed by atoms with Crippen molar-refractivity contribution in [2.45, 2.75) is 44.8 Å². The van der Waals surface area contributed by atoms with Gasteiger partial charge in [-0.3, -0.25) is 0 Å². The molecule has 0 unspecified atom stereocenters. The number of methoxy groups -OCH3 is 1. The quantitative estimate of drug-likeness (QED) is 0.552. The summed E-state index contributed by atoms with van der Waals surface area (Å²) in [7, 11) is 1.68. The number of hydrogen-bond donors (Lipinski definition) is 1. The van der Waals surface area contributed by atoms with Crippen molar-refractivity contribution >= 4 is 23.0 Å². The van der Waals surface area contributed by atoms with Crippen molar-refractivity contribution < 1.29 is 9.47 Å². The van der Waals surface area contributed by atoms with Gasteiger partial charge in [-0.2, -0.15) is 0 Å². The van der Waals surface area contributed by atoms with Crippen LogP contribution in [0.3, 0.4) is 0 Å². The molecule has 1 aromatic heterocycles. The van der Waals surface area contributed by atoms with E-state index in [-0.39, 0.29) is 0 Å². The van der Waals surface area contributed by atoms with Gasteiger partial charge >= 0.3 is 0 Å². The normalized spacial score (nSPS) is 16.8. The Balaban J connectivity index is 1.28. The molecule has 0 amide bonds. The van der Waals surface area contributed by atoms with Gasteiger partial charge in [0.25, 0.3) is 0 Å². The molecule has 2 heterocycles. The number of aromatic nitrogens is 2. The number of imidazole rings is 1. The summed E-state index contributed by atoms with van der Waals surface area (Å²) < 4.78 is 12.8. The first-order chi connectivity index (χ1) is 14.2. The highest BCUT2D eigenvalue weighted by Crippen LogP contribution is 2.28. The zero-order valence-electron chi connectivity index (χ0n) is 17.1. The predicted molar refractivity (Wildman–Crippen MR) is 118 cm³/mol. The Kier molecular flexibility index (Phi) is 6.79. The van der Waals surface area contributed by atoms with Gasteiger partial charge in [-0.05, 0) is 67.6 Å². The maximum absolute atomic E-state index is 5.69. The van der Waals surface area contributed by atoms with Crippen LogP contribution in [0.1, 0.15) is 42.1 Å². The van der Waals surface area contributed by atoms with E-state index in [0.29, 0.717) is 25.9 Å². The number of thiocarbonyl (C=S) groups is 1. The number of aryl methyl sites for hydroxylation is 2. The minimum Gasteiger partial charge on any atom is -0.382 e. The molecule has 0 radical (unpaired) electrons. The monoisotopic (exact) mass is 414 g/mol. The molecule has 2 aliphatic rings. The second-order valence-electron chi connectivity index (χ2n) is 7.81. The minimum atomic E-state index is 0.440. The molecule has 0 spiro atoms. The summed E-state index contributed by atoms with van der Waals surface area (Å²) in [4.78, 5) is 6.87. The van der Waals surface area contributed by atoms with E-state index in [4.69, 9.17) is 21.7 Å². The molecule has 1 aromatic carbocycles. The third kappa shape index (κ3) is 4.97. The van der Waals surface area contributed by atoms with Gasteiger partial charge in [0.1, 0.15) is 12.6 Å². The second-order valence-corrected chi connectivity index (χ2v) is 8.20. The van der Waals surface area contributed by atoms with Crippen LogP contribution in [0.4, 0.5) is 5.69 Å². The SMILES string of the molecule is COCCOCn1ccnc1C1CCN(C(=S)Nc2ccc3c(c2)CCC3)CC1. The Bertz CT molecular complexity index is 830. The smallest absolute Gasteiger partial charge is 0.173 e. The zero-order chi connectivity index (χ0) is 20.1. The fraction of sp³-hybridized carbons (Fsp3) is 0.545. The van der Waals surface area contributed by atoms with Crippen LogP contribution in [0.25, 0.3) is 0 Å². The average molecular weight is 415 g/mol. The Labute approximate surface area is 178 Å². The lowest BCUT2D eigenvalue weighted by Crippen LogP contribution is -2.40. The highest BCUT2D eigenvalue weighted by Gasteiger charge is 2.25. The van der Waals surface area contributed by atoms with Gasteiger partial charge in [-0.1, -0.05) is 6.07 Å². The molecule has 7 heteroatoms. The Morgan fingerprint density at radius 1 is 1.21 bits per heavy atom. The fourth-order valence-electron chi connectivity index (χ4n) is 4.29. The van der Waals surface area contributed by atoms with Gasteiger partial charge in [0, 0.05) is 44.2 Å². The molecule has 2 aromatic rings. The van der Waals surface area contributed by atoms with Gasteiger partial charge in [0.15, 0.2) is 5.11 Å². The fourth-order valence-corrected chi connectivity index (χ4v) is 4.59. The number of fused-ring (bicyclic) bond motifs is 1. The number of anilines is 1. The molecule has 4 rings (SSSR count). The van der Waals surface area contributed by atoms with Crippen molar-refractivity contribution in [1.29, 1.82) is 0 Å². The summed E-state index contributed by atoms with van der Waals surface area (Å²) in [6.07, 6.45) is 9.60. The first kappa shape index (κ1) is 20.3. The molecule has 1 aliphatic carbocycles. The molecule has 156 valence electrons. The van der Waals surface area contributed by atoms with E-state index in [2.05, 4.69) is 38.0 Å². The van der Waals surface area contributed by atoms with E-state index in [1.807, 2.05) is 12.4 Å². The third-order valence-electron chi connectivity index (χ3n) is 5.91. The molecule has 1 saturated heterocycles. The predicted octanol–water partition coefficient (Wildman–Crippen LogP) is 3.57. The average Bonchev–Trinajstić information content (AvgIpc) is 3.40. The largest absolute Gasteiger partial charge is 0.382 e. The number of rotatable bonds is 7. The first-order valence-electron chi connectivity index (χ1n) is 10.5. The zero-order valence-corrected chi connectivity index (χ0v) is 17.9. The summed E-state index contributed by atoms with van der Waals surface area (Å²) in [6, 6.07) is 6.67. The highest BCUT2D eigenvalue weighted by molar-refractivity contribution is 7.80. The van der Waals surface area contributed by atoms with Crippen LogP contribution in [0.5, 0.6) is 0 Å². The standard InChI is InChI=1S/C22H30N4O2S/c1-27-13-14-28-16-26-12-9-23-21(26)18-7-10-25(11-8-18)22(29)24-20-6-5-17-3-2-4-19(17)15-20/h5-6,9,12,15,18H,2-4,7-8,10-11,13-14,16H2,1H3,(H,24,29). The topological polar surface area (TPSA) is 51.6 Å². The van der Waals surface area contributed by atoms with E-state index < -0.39 is 0 Å². The molecule has 1 aliphatic heterocycles. The number of benzene rings is 1. The van der Waals surface area contributed by atoms with Crippen LogP contribution in [0.15, 0.2) is 30.6 Å². The van der Waals surface area contributed by atoms with Gasteiger partial charge in [0.2, 0.25) is 0 Å². The van der Waals surface area contributed by atoms with Crippen molar-refractivity contribution in [3.63, 3.8) is 0 Å².